The minimum atomic E-state index is -1.50. The molecule has 0 saturated carbocycles. The Morgan fingerprint density at radius 2 is 1.88 bits per heavy atom. The number of thioether (sulfide) groups is 1. The molecular weight excluding hydrogens is 482 g/mol. The van der Waals surface area contributed by atoms with Crippen LogP contribution >= 0.6 is 11.8 Å². The van der Waals surface area contributed by atoms with Crippen LogP contribution in [-0.4, -0.2) is 62.0 Å². The number of nitrogens with zero attached hydrogens (tertiary/aromatic N) is 5. The quantitative estimate of drug-likeness (QED) is 0.267. The number of rotatable bonds is 9. The zero-order valence-electron chi connectivity index (χ0n) is 18.5. The monoisotopic (exact) mass is 506 g/mol. The highest BCUT2D eigenvalue weighted by molar-refractivity contribution is 7.98. The number of benzene rings is 1. The molecule has 0 bridgehead atoms. The number of aromatic nitrogens is 3. The lowest BCUT2D eigenvalue weighted by atomic mass is 10.2. The summed E-state index contributed by atoms with van der Waals surface area (Å²) in [5.41, 5.74) is 1.40. The van der Waals surface area contributed by atoms with Gasteiger partial charge in [0.05, 0.1) is 20.2 Å². The molecular formula is C22H24F2N6O2S2. The van der Waals surface area contributed by atoms with Crippen molar-refractivity contribution in [2.75, 3.05) is 38.0 Å². The normalized spacial score (nSPS) is 15.8. The molecule has 1 aliphatic rings. The maximum atomic E-state index is 13.9. The lowest BCUT2D eigenvalue weighted by molar-refractivity contribution is 0.182. The van der Waals surface area contributed by atoms with Gasteiger partial charge in [-0.1, -0.05) is 23.9 Å². The number of halogens is 2. The second kappa shape index (κ2) is 11.8. The minimum Gasteiger partial charge on any atom is -0.573 e. The summed E-state index contributed by atoms with van der Waals surface area (Å²) in [6, 6.07) is 9.56. The van der Waals surface area contributed by atoms with Crippen molar-refractivity contribution in [2.24, 2.45) is 0 Å². The third-order valence-electron chi connectivity index (χ3n) is 5.19. The topological polar surface area (TPSA) is 89.5 Å². The summed E-state index contributed by atoms with van der Waals surface area (Å²) in [6.07, 6.45) is 3.56. The summed E-state index contributed by atoms with van der Waals surface area (Å²) in [4.78, 5) is 14.9. The van der Waals surface area contributed by atoms with Crippen LogP contribution in [-0.2, 0) is 23.8 Å². The van der Waals surface area contributed by atoms with Gasteiger partial charge in [0.25, 0.3) is 0 Å². The molecule has 1 fully saturated rings. The van der Waals surface area contributed by atoms with Gasteiger partial charge in [-0.2, -0.15) is 9.71 Å². The number of nitrogens with one attached hydrogen (secondary N) is 1. The molecule has 0 amide bonds. The molecule has 1 saturated heterocycles. The SMILES string of the molecule is COc1cc(N[S+]([O-])N2CCN(Cc3ccncc3)CC2)nc(SCc2cccc(F)c2F)n1. The minimum absolute atomic E-state index is 0.138. The van der Waals surface area contributed by atoms with E-state index >= 15 is 0 Å². The molecule has 0 spiro atoms. The van der Waals surface area contributed by atoms with Gasteiger partial charge in [0, 0.05) is 49.4 Å². The van der Waals surface area contributed by atoms with E-state index in [1.54, 1.807) is 18.5 Å². The van der Waals surface area contributed by atoms with Crippen LogP contribution in [0.3, 0.4) is 0 Å². The Kier molecular flexibility index (Phi) is 8.51. The van der Waals surface area contributed by atoms with Crippen molar-refractivity contribution in [3.63, 3.8) is 0 Å². The van der Waals surface area contributed by atoms with Crippen molar-refractivity contribution in [3.05, 3.63) is 71.6 Å². The molecule has 3 heterocycles. The van der Waals surface area contributed by atoms with Crippen LogP contribution in [0.1, 0.15) is 11.1 Å². The molecule has 4 rings (SSSR count). The van der Waals surface area contributed by atoms with E-state index in [1.807, 2.05) is 16.4 Å². The van der Waals surface area contributed by atoms with E-state index in [0.29, 0.717) is 24.1 Å². The predicted octanol–water partition coefficient (Wildman–Crippen LogP) is 3.26. The Morgan fingerprint density at radius 1 is 1.12 bits per heavy atom. The fraction of sp³-hybridized carbons (Fsp3) is 0.318. The van der Waals surface area contributed by atoms with Crippen LogP contribution < -0.4 is 9.46 Å². The highest BCUT2D eigenvalue weighted by atomic mass is 32.2. The van der Waals surface area contributed by atoms with Gasteiger partial charge < -0.3 is 9.29 Å². The first kappa shape index (κ1) is 24.6. The summed E-state index contributed by atoms with van der Waals surface area (Å²) in [7, 11) is 1.46. The second-order valence-corrected chi connectivity index (χ2v) is 9.65. The fourth-order valence-electron chi connectivity index (χ4n) is 3.38. The largest absolute Gasteiger partial charge is 0.573 e. The van der Waals surface area contributed by atoms with Crippen LogP contribution in [0.25, 0.3) is 0 Å². The number of ether oxygens (including phenoxy) is 1. The summed E-state index contributed by atoms with van der Waals surface area (Å²) in [5, 5.41) is 0.296. The maximum Gasteiger partial charge on any atom is 0.219 e. The predicted molar refractivity (Wildman–Crippen MR) is 127 cm³/mol. The summed E-state index contributed by atoms with van der Waals surface area (Å²) >= 11 is -0.371. The Morgan fingerprint density at radius 3 is 2.62 bits per heavy atom. The average Bonchev–Trinajstić information content (AvgIpc) is 2.86. The van der Waals surface area contributed by atoms with Crippen molar-refractivity contribution in [3.8, 4) is 5.88 Å². The van der Waals surface area contributed by atoms with Gasteiger partial charge in [-0.05, 0) is 23.8 Å². The van der Waals surface area contributed by atoms with Crippen molar-refractivity contribution in [1.29, 1.82) is 0 Å². The number of hydrogen-bond acceptors (Lipinski definition) is 9. The molecule has 2 aromatic heterocycles. The zero-order chi connectivity index (χ0) is 23.9. The van der Waals surface area contributed by atoms with Gasteiger partial charge >= 0.3 is 0 Å². The number of pyridine rings is 1. The van der Waals surface area contributed by atoms with Crippen molar-refractivity contribution in [2.45, 2.75) is 17.5 Å². The van der Waals surface area contributed by atoms with Gasteiger partial charge in [-0.3, -0.25) is 9.88 Å². The Balaban J connectivity index is 1.34. The standard InChI is InChI=1S/C22H24F2N6O2S2/c1-32-20-13-19(26-22(27-20)33-15-17-3-2-4-18(23)21(17)24)28-34(31)30-11-9-29(10-12-30)14-16-5-7-25-8-6-16/h2-8,13H,9-12,14-15H2,1H3,(H,26,27,28). The van der Waals surface area contributed by atoms with E-state index in [9.17, 15) is 13.3 Å². The molecule has 1 aromatic carbocycles. The van der Waals surface area contributed by atoms with Gasteiger partial charge in [0.15, 0.2) is 34.2 Å². The molecule has 8 nitrogen and oxygen atoms in total. The average molecular weight is 507 g/mol. The second-order valence-electron chi connectivity index (χ2n) is 7.49. The van der Waals surface area contributed by atoms with E-state index in [0.717, 1.165) is 37.5 Å². The van der Waals surface area contributed by atoms with Gasteiger partial charge in [-0.25, -0.2) is 13.8 Å². The first-order chi connectivity index (χ1) is 16.5. The Labute approximate surface area is 204 Å². The van der Waals surface area contributed by atoms with Gasteiger partial charge in [0.1, 0.15) is 0 Å². The molecule has 12 heteroatoms. The zero-order valence-corrected chi connectivity index (χ0v) is 20.1. The molecule has 1 unspecified atom stereocenters. The smallest absolute Gasteiger partial charge is 0.219 e. The van der Waals surface area contributed by atoms with E-state index in [4.69, 9.17) is 4.74 Å². The number of anilines is 1. The maximum absolute atomic E-state index is 13.9. The summed E-state index contributed by atoms with van der Waals surface area (Å²) < 4.78 is 50.3. The third kappa shape index (κ3) is 6.54. The highest BCUT2D eigenvalue weighted by Crippen LogP contribution is 2.26. The van der Waals surface area contributed by atoms with E-state index in [2.05, 4.69) is 24.6 Å². The highest BCUT2D eigenvalue weighted by Gasteiger charge is 2.27. The Hall–Kier alpha value is -2.51. The van der Waals surface area contributed by atoms with Crippen molar-refractivity contribution in [1.82, 2.24) is 24.2 Å². The van der Waals surface area contributed by atoms with E-state index in [-0.39, 0.29) is 17.2 Å². The first-order valence-corrected chi connectivity index (χ1v) is 12.6. The van der Waals surface area contributed by atoms with Crippen LogP contribution in [0, 0.1) is 11.6 Å². The molecule has 1 atom stereocenters. The summed E-state index contributed by atoms with van der Waals surface area (Å²) in [5.74, 6) is -1.05. The summed E-state index contributed by atoms with van der Waals surface area (Å²) in [6.45, 7) is 3.65. The van der Waals surface area contributed by atoms with Crippen molar-refractivity contribution >= 4 is 29.1 Å². The van der Waals surface area contributed by atoms with Crippen molar-refractivity contribution < 1.29 is 18.1 Å². The molecule has 180 valence electrons. The lowest BCUT2D eigenvalue weighted by Gasteiger charge is -2.33. The number of methoxy groups -OCH3 is 1. The fourth-order valence-corrected chi connectivity index (χ4v) is 5.11. The van der Waals surface area contributed by atoms with Gasteiger partial charge in [-0.15, -0.1) is 4.31 Å². The van der Waals surface area contributed by atoms with Crippen LogP contribution in [0.2, 0.25) is 0 Å². The number of hydrogen-bond donors (Lipinski definition) is 1. The molecule has 34 heavy (non-hydrogen) atoms. The Bertz CT molecular complexity index is 1090. The lowest BCUT2D eigenvalue weighted by Crippen LogP contribution is -2.49. The van der Waals surface area contributed by atoms with Crippen LogP contribution in [0.4, 0.5) is 14.6 Å². The molecule has 0 radical (unpaired) electrons. The molecule has 1 aliphatic heterocycles. The van der Waals surface area contributed by atoms with E-state index in [1.165, 1.54) is 24.8 Å². The van der Waals surface area contributed by atoms with Crippen LogP contribution in [0.15, 0.2) is 53.9 Å². The first-order valence-electron chi connectivity index (χ1n) is 10.6. The van der Waals surface area contributed by atoms with Crippen LogP contribution in [0.5, 0.6) is 5.88 Å². The van der Waals surface area contributed by atoms with Gasteiger partial charge in [0.2, 0.25) is 5.88 Å². The molecule has 0 aliphatic carbocycles. The molecule has 3 aromatic rings. The van der Waals surface area contributed by atoms with E-state index < -0.39 is 23.2 Å². The third-order valence-corrected chi connectivity index (χ3v) is 7.31. The molecule has 1 N–H and O–H groups in total. The number of piperazine rings is 1.